The lowest BCUT2D eigenvalue weighted by atomic mass is 10.2. The minimum absolute atomic E-state index is 0.169. The SMILES string of the molecule is CC1CCCN1C(=O)OC(C)(C)C.CCC=O.CF. The number of halogens is 1. The third-order valence-electron chi connectivity index (χ3n) is 2.35. The van der Waals surface area contributed by atoms with Crippen LogP contribution in [0.3, 0.4) is 0 Å². The maximum Gasteiger partial charge on any atom is 0.410 e. The highest BCUT2D eigenvalue weighted by Crippen LogP contribution is 2.19. The number of aldehydes is 1. The van der Waals surface area contributed by atoms with E-state index < -0.39 is 0 Å². The second kappa shape index (κ2) is 10.8. The molecule has 0 aromatic carbocycles. The zero-order chi connectivity index (χ0) is 15.5. The fraction of sp³-hybridized carbons (Fsp3) is 0.857. The molecule has 0 saturated carbocycles. The molecule has 0 aliphatic carbocycles. The van der Waals surface area contributed by atoms with E-state index in [1.165, 1.54) is 0 Å². The molecule has 1 rings (SSSR count). The van der Waals surface area contributed by atoms with Crippen LogP contribution in [0.5, 0.6) is 0 Å². The Morgan fingerprint density at radius 1 is 1.42 bits per heavy atom. The first-order chi connectivity index (χ1) is 8.81. The quantitative estimate of drug-likeness (QED) is 0.688. The maximum absolute atomic E-state index is 11.6. The number of hydrogen-bond acceptors (Lipinski definition) is 3. The first kappa shape index (κ1) is 20.2. The average Bonchev–Trinajstić information content (AvgIpc) is 2.76. The monoisotopic (exact) mass is 277 g/mol. The van der Waals surface area contributed by atoms with Gasteiger partial charge < -0.3 is 14.4 Å². The normalized spacial score (nSPS) is 17.6. The standard InChI is InChI=1S/C10H19NO2.C3H6O.CH3F/c1-8-6-5-7-11(8)9(12)13-10(2,3)4;1-2-3-4;1-2/h8H,5-7H2,1-4H3;3H,2H2,1H3;1H3. The van der Waals surface area contributed by atoms with E-state index in [4.69, 9.17) is 4.74 Å². The van der Waals surface area contributed by atoms with Gasteiger partial charge in [0.25, 0.3) is 0 Å². The highest BCUT2D eigenvalue weighted by molar-refractivity contribution is 5.68. The Kier molecular flexibility index (Phi) is 11.4. The number of nitrogens with zero attached hydrogens (tertiary/aromatic N) is 1. The van der Waals surface area contributed by atoms with Crippen molar-refractivity contribution < 1.29 is 18.7 Å². The molecular formula is C14H28FNO3. The van der Waals surface area contributed by atoms with Gasteiger partial charge in [-0.05, 0) is 40.5 Å². The van der Waals surface area contributed by atoms with E-state index in [-0.39, 0.29) is 11.7 Å². The van der Waals surface area contributed by atoms with Crippen LogP contribution in [-0.2, 0) is 9.53 Å². The zero-order valence-corrected chi connectivity index (χ0v) is 13.0. The molecule has 0 bridgehead atoms. The lowest BCUT2D eigenvalue weighted by molar-refractivity contribution is -0.107. The van der Waals surface area contributed by atoms with Crippen molar-refractivity contribution in [1.29, 1.82) is 0 Å². The highest BCUT2D eigenvalue weighted by atomic mass is 19.1. The smallest absolute Gasteiger partial charge is 0.410 e. The van der Waals surface area contributed by atoms with Crippen LogP contribution in [0.1, 0.15) is 53.9 Å². The maximum atomic E-state index is 11.6. The molecule has 1 heterocycles. The molecule has 19 heavy (non-hydrogen) atoms. The van der Waals surface area contributed by atoms with Gasteiger partial charge in [-0.25, -0.2) is 4.79 Å². The Morgan fingerprint density at radius 2 is 1.89 bits per heavy atom. The summed E-state index contributed by atoms with van der Waals surface area (Å²) in [5.74, 6) is 0. The van der Waals surface area contributed by atoms with Gasteiger partial charge in [-0.15, -0.1) is 0 Å². The summed E-state index contributed by atoms with van der Waals surface area (Å²) in [5.41, 5.74) is -0.376. The van der Waals surface area contributed by atoms with Crippen LogP contribution < -0.4 is 0 Å². The minimum atomic E-state index is -0.376. The molecule has 1 aliphatic rings. The lowest BCUT2D eigenvalue weighted by Gasteiger charge is -2.26. The second-order valence-corrected chi connectivity index (χ2v) is 5.24. The lowest BCUT2D eigenvalue weighted by Crippen LogP contribution is -2.38. The molecule has 0 radical (unpaired) electrons. The Bertz CT molecular complexity index is 252. The molecule has 1 aliphatic heterocycles. The van der Waals surface area contributed by atoms with E-state index in [2.05, 4.69) is 6.92 Å². The van der Waals surface area contributed by atoms with Crippen molar-refractivity contribution in [2.45, 2.75) is 65.5 Å². The van der Waals surface area contributed by atoms with Gasteiger partial charge in [0.15, 0.2) is 0 Å². The number of ether oxygens (including phenoxy) is 1. The van der Waals surface area contributed by atoms with Crippen LogP contribution in [-0.4, -0.2) is 42.6 Å². The first-order valence-corrected chi connectivity index (χ1v) is 6.63. The zero-order valence-electron chi connectivity index (χ0n) is 13.0. The van der Waals surface area contributed by atoms with Gasteiger partial charge in [0, 0.05) is 19.0 Å². The second-order valence-electron chi connectivity index (χ2n) is 5.24. The van der Waals surface area contributed by atoms with E-state index in [1.54, 1.807) is 0 Å². The van der Waals surface area contributed by atoms with Crippen molar-refractivity contribution in [1.82, 2.24) is 4.90 Å². The van der Waals surface area contributed by atoms with Gasteiger partial charge in [0.05, 0.1) is 7.18 Å². The molecule has 4 nitrogen and oxygen atoms in total. The molecule has 0 spiro atoms. The number of carbonyl (C=O) groups excluding carboxylic acids is 2. The topological polar surface area (TPSA) is 46.6 Å². The molecule has 1 saturated heterocycles. The number of alkyl halides is 1. The number of carbonyl (C=O) groups is 2. The van der Waals surface area contributed by atoms with Crippen molar-refractivity contribution in [3.63, 3.8) is 0 Å². The Hall–Kier alpha value is -1.13. The van der Waals surface area contributed by atoms with Gasteiger partial charge in [0.1, 0.15) is 11.9 Å². The van der Waals surface area contributed by atoms with Crippen LogP contribution in [0.15, 0.2) is 0 Å². The predicted octanol–water partition coefficient (Wildman–Crippen LogP) is 3.59. The molecule has 5 heteroatoms. The van der Waals surface area contributed by atoms with E-state index in [9.17, 15) is 14.0 Å². The molecule has 1 amide bonds. The third kappa shape index (κ3) is 10.5. The van der Waals surface area contributed by atoms with E-state index in [1.807, 2.05) is 32.6 Å². The summed E-state index contributed by atoms with van der Waals surface area (Å²) in [6.45, 7) is 10.4. The third-order valence-corrected chi connectivity index (χ3v) is 2.35. The van der Waals surface area contributed by atoms with Crippen molar-refractivity contribution in [3.05, 3.63) is 0 Å². The fourth-order valence-electron chi connectivity index (χ4n) is 1.53. The Balaban J connectivity index is 0. The van der Waals surface area contributed by atoms with E-state index in [0.29, 0.717) is 19.6 Å². The van der Waals surface area contributed by atoms with Gasteiger partial charge in [-0.1, -0.05) is 6.92 Å². The molecule has 114 valence electrons. The largest absolute Gasteiger partial charge is 0.444 e. The molecule has 1 unspecified atom stereocenters. The number of rotatable bonds is 1. The summed E-state index contributed by atoms with van der Waals surface area (Å²) in [7, 11) is 0.500. The first-order valence-electron chi connectivity index (χ1n) is 6.63. The Labute approximate surface area is 116 Å². The summed E-state index contributed by atoms with van der Waals surface area (Å²) >= 11 is 0. The summed E-state index contributed by atoms with van der Waals surface area (Å²) in [6.07, 6.45) is 3.54. The van der Waals surface area contributed by atoms with Gasteiger partial charge in [-0.3, -0.25) is 4.39 Å². The van der Waals surface area contributed by atoms with Gasteiger partial charge in [0.2, 0.25) is 0 Å². The van der Waals surface area contributed by atoms with Crippen molar-refractivity contribution >= 4 is 12.4 Å². The molecule has 1 fully saturated rings. The average molecular weight is 277 g/mol. The Morgan fingerprint density at radius 3 is 2.16 bits per heavy atom. The van der Waals surface area contributed by atoms with Gasteiger partial charge in [-0.2, -0.15) is 0 Å². The van der Waals surface area contributed by atoms with Crippen LogP contribution >= 0.6 is 0 Å². The van der Waals surface area contributed by atoms with Crippen molar-refractivity contribution in [3.8, 4) is 0 Å². The van der Waals surface area contributed by atoms with Crippen LogP contribution in [0.4, 0.5) is 9.18 Å². The number of amides is 1. The highest BCUT2D eigenvalue weighted by Gasteiger charge is 2.28. The van der Waals surface area contributed by atoms with Crippen LogP contribution in [0, 0.1) is 0 Å². The van der Waals surface area contributed by atoms with E-state index >= 15 is 0 Å². The molecule has 1 atom stereocenters. The molecule has 0 N–H and O–H groups in total. The van der Waals surface area contributed by atoms with Gasteiger partial charge >= 0.3 is 6.09 Å². The summed E-state index contributed by atoms with van der Waals surface area (Å²) < 4.78 is 14.8. The molecule has 0 aromatic rings. The summed E-state index contributed by atoms with van der Waals surface area (Å²) in [5, 5.41) is 0. The molecular weight excluding hydrogens is 249 g/mol. The van der Waals surface area contributed by atoms with Crippen LogP contribution in [0.2, 0.25) is 0 Å². The number of likely N-dealkylation sites (tertiary alicyclic amines) is 1. The molecule has 0 aromatic heterocycles. The van der Waals surface area contributed by atoms with E-state index in [0.717, 1.165) is 25.7 Å². The van der Waals surface area contributed by atoms with Crippen LogP contribution in [0.25, 0.3) is 0 Å². The van der Waals surface area contributed by atoms with Crippen molar-refractivity contribution in [2.75, 3.05) is 13.7 Å². The summed E-state index contributed by atoms with van der Waals surface area (Å²) in [6, 6.07) is 0.342. The summed E-state index contributed by atoms with van der Waals surface area (Å²) in [4.78, 5) is 22.6. The predicted molar refractivity (Wildman–Crippen MR) is 75.0 cm³/mol. The minimum Gasteiger partial charge on any atom is -0.444 e. The van der Waals surface area contributed by atoms with Crippen molar-refractivity contribution in [2.24, 2.45) is 0 Å². The fourth-order valence-corrected chi connectivity index (χ4v) is 1.53. The number of hydrogen-bond donors (Lipinski definition) is 0.